The van der Waals surface area contributed by atoms with E-state index in [4.69, 9.17) is 14.8 Å². The molecule has 4 atom stereocenters. The zero-order valence-electron chi connectivity index (χ0n) is 16.1. The van der Waals surface area contributed by atoms with Crippen molar-refractivity contribution in [3.05, 3.63) is 10.4 Å². The van der Waals surface area contributed by atoms with Crippen LogP contribution < -0.4 is 5.32 Å². The van der Waals surface area contributed by atoms with Crippen LogP contribution in [0.2, 0.25) is 6.32 Å². The van der Waals surface area contributed by atoms with Crippen LogP contribution in [0, 0.1) is 17.8 Å². The lowest BCUT2D eigenvalue weighted by atomic mass is 9.75. The summed E-state index contributed by atoms with van der Waals surface area (Å²) in [7, 11) is -0.280. The van der Waals surface area contributed by atoms with Gasteiger partial charge in [0.25, 0.3) is 0 Å². The number of nitrogens with zero attached hydrogens (tertiary/aromatic N) is 3. The number of rotatable bonds is 6. The van der Waals surface area contributed by atoms with Gasteiger partial charge in [0.05, 0.1) is 11.2 Å². The Labute approximate surface area is 154 Å². The van der Waals surface area contributed by atoms with Crippen molar-refractivity contribution in [1.82, 2.24) is 5.32 Å². The molecule has 1 aliphatic carbocycles. The SMILES string of the molecule is CC1(C)OB(CCC[C@H]2[C@@H]3CNC[C@@H]3C[C@@]2(N=[N+]=[N-])C(=O)O)OC1(C)C. The molecular formula is C17H29BN4O4. The number of hydrogen-bond acceptors (Lipinski definition) is 5. The van der Waals surface area contributed by atoms with Crippen LogP contribution in [-0.4, -0.2) is 48.0 Å². The Kier molecular flexibility index (Phi) is 5.03. The van der Waals surface area contributed by atoms with Gasteiger partial charge < -0.3 is 19.7 Å². The standard InChI is InChI=1S/C17H29BN4O4/c1-15(2)16(3,4)26-18(25-15)7-5-6-13-12-10-20-9-11(12)8-17(13,14(23)24)21-22-19/h11-13,20H,5-10H2,1-4H3,(H,23,24)/t11-,12+,13-,17-/m0/s1. The van der Waals surface area contributed by atoms with E-state index >= 15 is 0 Å². The van der Waals surface area contributed by atoms with Gasteiger partial charge in [-0.1, -0.05) is 11.5 Å². The van der Waals surface area contributed by atoms with Gasteiger partial charge in [-0.05, 0) is 83.2 Å². The summed E-state index contributed by atoms with van der Waals surface area (Å²) < 4.78 is 12.1. The van der Waals surface area contributed by atoms with Crippen LogP contribution in [0.3, 0.4) is 0 Å². The molecule has 0 aromatic heterocycles. The quantitative estimate of drug-likeness (QED) is 0.325. The molecular weight excluding hydrogens is 335 g/mol. The van der Waals surface area contributed by atoms with Gasteiger partial charge in [0, 0.05) is 4.91 Å². The summed E-state index contributed by atoms with van der Waals surface area (Å²) in [5.74, 6) is -0.642. The predicted molar refractivity (Wildman–Crippen MR) is 97.6 cm³/mol. The third-order valence-electron chi connectivity index (χ3n) is 6.95. The molecule has 3 rings (SSSR count). The number of fused-ring (bicyclic) bond motifs is 1. The van der Waals surface area contributed by atoms with E-state index in [9.17, 15) is 9.90 Å². The van der Waals surface area contributed by atoms with Crippen molar-refractivity contribution in [2.24, 2.45) is 22.9 Å². The second kappa shape index (κ2) is 6.71. The Morgan fingerprint density at radius 2 is 1.96 bits per heavy atom. The summed E-state index contributed by atoms with van der Waals surface area (Å²) in [4.78, 5) is 14.9. The monoisotopic (exact) mass is 364 g/mol. The van der Waals surface area contributed by atoms with Crippen LogP contribution in [0.15, 0.2) is 5.11 Å². The molecule has 2 heterocycles. The van der Waals surface area contributed by atoms with Crippen LogP contribution in [0.25, 0.3) is 10.4 Å². The molecule has 0 radical (unpaired) electrons. The van der Waals surface area contributed by atoms with Gasteiger partial charge in [-0.15, -0.1) is 0 Å². The minimum absolute atomic E-state index is 0.154. The third-order valence-corrected chi connectivity index (χ3v) is 6.95. The van der Waals surface area contributed by atoms with E-state index in [0.717, 1.165) is 19.5 Å². The first-order valence-electron chi connectivity index (χ1n) is 9.49. The van der Waals surface area contributed by atoms with Crippen molar-refractivity contribution in [3.8, 4) is 0 Å². The normalized spacial score (nSPS) is 37.4. The van der Waals surface area contributed by atoms with Crippen molar-refractivity contribution >= 4 is 13.1 Å². The van der Waals surface area contributed by atoms with Gasteiger partial charge in [0.15, 0.2) is 0 Å². The molecule has 9 heteroatoms. The second-order valence-corrected chi connectivity index (χ2v) is 8.93. The van der Waals surface area contributed by atoms with Crippen molar-refractivity contribution in [2.45, 2.75) is 70.0 Å². The average molecular weight is 364 g/mol. The highest BCUT2D eigenvalue weighted by atomic mass is 16.7. The van der Waals surface area contributed by atoms with E-state index in [2.05, 4.69) is 15.3 Å². The van der Waals surface area contributed by atoms with Crippen molar-refractivity contribution in [2.75, 3.05) is 13.1 Å². The fourth-order valence-corrected chi connectivity index (χ4v) is 4.88. The average Bonchev–Trinajstić information content (AvgIpc) is 3.12. The van der Waals surface area contributed by atoms with Crippen molar-refractivity contribution in [3.63, 3.8) is 0 Å². The Morgan fingerprint density at radius 1 is 1.31 bits per heavy atom. The van der Waals surface area contributed by atoms with Crippen LogP contribution in [0.5, 0.6) is 0 Å². The number of azide groups is 1. The molecule has 2 saturated heterocycles. The molecule has 144 valence electrons. The minimum Gasteiger partial charge on any atom is -0.481 e. The lowest BCUT2D eigenvalue weighted by molar-refractivity contribution is -0.145. The molecule has 0 bridgehead atoms. The maximum Gasteiger partial charge on any atom is 0.457 e. The van der Waals surface area contributed by atoms with Crippen molar-refractivity contribution in [1.29, 1.82) is 0 Å². The first-order valence-corrected chi connectivity index (χ1v) is 9.49. The van der Waals surface area contributed by atoms with E-state index in [1.807, 2.05) is 27.7 Å². The van der Waals surface area contributed by atoms with Gasteiger partial charge in [0.1, 0.15) is 5.54 Å². The topological polar surface area (TPSA) is 117 Å². The van der Waals surface area contributed by atoms with Crippen LogP contribution in [0.4, 0.5) is 0 Å². The summed E-state index contributed by atoms with van der Waals surface area (Å²) in [5.41, 5.74) is 6.94. The van der Waals surface area contributed by atoms with Gasteiger partial charge in [-0.2, -0.15) is 0 Å². The largest absolute Gasteiger partial charge is 0.481 e. The van der Waals surface area contributed by atoms with E-state index in [0.29, 0.717) is 19.2 Å². The summed E-state index contributed by atoms with van der Waals surface area (Å²) >= 11 is 0. The van der Waals surface area contributed by atoms with Gasteiger partial charge in [-0.3, -0.25) is 4.79 Å². The Balaban J connectivity index is 1.67. The second-order valence-electron chi connectivity index (χ2n) is 8.93. The number of nitrogens with one attached hydrogen (secondary N) is 1. The molecule has 2 aliphatic heterocycles. The molecule has 0 amide bonds. The molecule has 0 aromatic carbocycles. The van der Waals surface area contributed by atoms with Crippen molar-refractivity contribution < 1.29 is 19.2 Å². The van der Waals surface area contributed by atoms with Gasteiger partial charge in [-0.25, -0.2) is 0 Å². The molecule has 8 nitrogen and oxygen atoms in total. The number of hydrogen-bond donors (Lipinski definition) is 2. The van der Waals surface area contributed by atoms with Crippen LogP contribution in [-0.2, 0) is 14.1 Å². The van der Waals surface area contributed by atoms with Gasteiger partial charge >= 0.3 is 13.1 Å². The molecule has 3 fully saturated rings. The molecule has 0 aromatic rings. The molecule has 26 heavy (non-hydrogen) atoms. The maximum atomic E-state index is 12.0. The molecule has 3 aliphatic rings. The Bertz CT molecular complexity index is 602. The highest BCUT2D eigenvalue weighted by Crippen LogP contribution is 2.51. The molecule has 0 spiro atoms. The van der Waals surface area contributed by atoms with Crippen LogP contribution >= 0.6 is 0 Å². The summed E-state index contributed by atoms with van der Waals surface area (Å²) in [6.45, 7) is 9.69. The van der Waals surface area contributed by atoms with E-state index < -0.39 is 11.5 Å². The fraction of sp³-hybridized carbons (Fsp3) is 0.941. The number of carboxylic acids is 1. The summed E-state index contributed by atoms with van der Waals surface area (Å²) in [5, 5.41) is 17.0. The predicted octanol–water partition coefficient (Wildman–Crippen LogP) is 2.85. The minimum atomic E-state index is -1.32. The Morgan fingerprint density at radius 3 is 2.54 bits per heavy atom. The zero-order chi connectivity index (χ0) is 19.2. The maximum absolute atomic E-state index is 12.0. The lowest BCUT2D eigenvalue weighted by Crippen LogP contribution is -2.43. The molecule has 0 unspecified atom stereocenters. The molecule has 2 N–H and O–H groups in total. The first-order chi connectivity index (χ1) is 12.1. The third kappa shape index (κ3) is 3.11. The first kappa shape index (κ1) is 19.5. The van der Waals surface area contributed by atoms with E-state index in [1.165, 1.54) is 0 Å². The highest BCUT2D eigenvalue weighted by molar-refractivity contribution is 6.45. The van der Waals surface area contributed by atoms with Crippen LogP contribution in [0.1, 0.15) is 47.0 Å². The lowest BCUT2D eigenvalue weighted by Gasteiger charge is -2.32. The van der Waals surface area contributed by atoms with E-state index in [1.54, 1.807) is 0 Å². The smallest absolute Gasteiger partial charge is 0.457 e. The van der Waals surface area contributed by atoms with E-state index in [-0.39, 0.29) is 36.1 Å². The zero-order valence-corrected chi connectivity index (χ0v) is 16.1. The number of aliphatic carboxylic acids is 1. The summed E-state index contributed by atoms with van der Waals surface area (Å²) in [6, 6.07) is 0. The highest BCUT2D eigenvalue weighted by Gasteiger charge is 2.58. The number of carboxylic acid groups (broad SMARTS) is 1. The number of carbonyl (C=O) groups is 1. The molecule has 1 saturated carbocycles. The Hall–Kier alpha value is -1.28. The summed E-state index contributed by atoms with van der Waals surface area (Å²) in [6.07, 6.45) is 2.60. The van der Waals surface area contributed by atoms with Gasteiger partial charge in [0.2, 0.25) is 0 Å². The fourth-order valence-electron chi connectivity index (χ4n) is 4.88.